The van der Waals surface area contributed by atoms with Gasteiger partial charge in [0.2, 0.25) is 0 Å². The predicted molar refractivity (Wildman–Crippen MR) is 76.8 cm³/mol. The van der Waals surface area contributed by atoms with Gasteiger partial charge in [-0.1, -0.05) is 11.6 Å². The zero-order chi connectivity index (χ0) is 13.2. The number of alkyl halides is 1. The van der Waals surface area contributed by atoms with E-state index in [1.54, 1.807) is 24.8 Å². The number of hydrogen-bond donors (Lipinski definition) is 0. The standard InChI is InChI=1S/C13H16Cl2OS/c1-8-5-12(17-7-13(3,4)15)11(14)6-10(8)9(2)16/h5-6H,7H2,1-4H3. The molecule has 0 aliphatic carbocycles. The Morgan fingerprint density at radius 3 is 2.47 bits per heavy atom. The van der Waals surface area contributed by atoms with Crippen molar-refractivity contribution in [1.82, 2.24) is 0 Å². The lowest BCUT2D eigenvalue weighted by Crippen LogP contribution is -2.13. The van der Waals surface area contributed by atoms with Crippen LogP contribution in [0.25, 0.3) is 0 Å². The van der Waals surface area contributed by atoms with Crippen molar-refractivity contribution in [2.24, 2.45) is 0 Å². The van der Waals surface area contributed by atoms with Crippen LogP contribution in [-0.2, 0) is 0 Å². The molecule has 0 spiro atoms. The van der Waals surface area contributed by atoms with Crippen molar-refractivity contribution in [2.75, 3.05) is 5.75 Å². The molecular formula is C13H16Cl2OS. The highest BCUT2D eigenvalue weighted by Gasteiger charge is 2.16. The topological polar surface area (TPSA) is 17.1 Å². The minimum atomic E-state index is -0.263. The Bertz CT molecular complexity index is 436. The highest BCUT2D eigenvalue weighted by Crippen LogP contribution is 2.33. The van der Waals surface area contributed by atoms with Gasteiger partial charge in [0.1, 0.15) is 0 Å². The van der Waals surface area contributed by atoms with Crippen LogP contribution in [0.3, 0.4) is 0 Å². The number of Topliss-reactive ketones (excluding diaryl/α,β-unsaturated/α-hetero) is 1. The van der Waals surface area contributed by atoms with Crippen LogP contribution in [0.5, 0.6) is 0 Å². The van der Waals surface area contributed by atoms with Gasteiger partial charge in [-0.25, -0.2) is 0 Å². The molecule has 0 heterocycles. The molecule has 0 aromatic heterocycles. The van der Waals surface area contributed by atoms with Crippen LogP contribution in [0.1, 0.15) is 36.7 Å². The molecule has 0 aliphatic heterocycles. The zero-order valence-electron chi connectivity index (χ0n) is 10.4. The summed E-state index contributed by atoms with van der Waals surface area (Å²) in [5.74, 6) is 0.811. The largest absolute Gasteiger partial charge is 0.295 e. The number of halogens is 2. The lowest BCUT2D eigenvalue weighted by atomic mass is 10.1. The van der Waals surface area contributed by atoms with E-state index in [-0.39, 0.29) is 10.7 Å². The summed E-state index contributed by atoms with van der Waals surface area (Å²) in [6.07, 6.45) is 0. The van der Waals surface area contributed by atoms with Crippen molar-refractivity contribution in [3.63, 3.8) is 0 Å². The van der Waals surface area contributed by atoms with Gasteiger partial charge in [-0.3, -0.25) is 4.79 Å². The summed E-state index contributed by atoms with van der Waals surface area (Å²) in [6, 6.07) is 3.69. The molecule has 1 aromatic carbocycles. The normalized spacial score (nSPS) is 11.6. The molecule has 0 unspecified atom stereocenters. The van der Waals surface area contributed by atoms with E-state index in [0.717, 1.165) is 16.2 Å². The molecule has 0 aliphatic rings. The van der Waals surface area contributed by atoms with Crippen LogP contribution >= 0.6 is 35.0 Å². The van der Waals surface area contributed by atoms with Crippen LogP contribution in [0.15, 0.2) is 17.0 Å². The molecule has 0 N–H and O–H groups in total. The van der Waals surface area contributed by atoms with Crippen molar-refractivity contribution < 1.29 is 4.79 Å². The second kappa shape index (κ2) is 5.64. The summed E-state index contributed by atoms with van der Waals surface area (Å²) in [7, 11) is 0. The molecule has 4 heteroatoms. The maximum absolute atomic E-state index is 11.4. The molecule has 1 nitrogen and oxygen atoms in total. The predicted octanol–water partition coefficient (Wildman–Crippen LogP) is 4.96. The third-order valence-electron chi connectivity index (χ3n) is 2.23. The van der Waals surface area contributed by atoms with E-state index in [1.165, 1.54) is 0 Å². The van der Waals surface area contributed by atoms with Crippen molar-refractivity contribution >= 4 is 40.7 Å². The van der Waals surface area contributed by atoms with E-state index >= 15 is 0 Å². The smallest absolute Gasteiger partial charge is 0.160 e. The Kier molecular flexibility index (Phi) is 4.94. The number of ketones is 1. The lowest BCUT2D eigenvalue weighted by molar-refractivity contribution is 0.101. The fraction of sp³-hybridized carbons (Fsp3) is 0.462. The molecule has 94 valence electrons. The monoisotopic (exact) mass is 290 g/mol. The molecule has 0 fully saturated rings. The number of thioether (sulfide) groups is 1. The summed E-state index contributed by atoms with van der Waals surface area (Å²) in [6.45, 7) is 7.40. The summed E-state index contributed by atoms with van der Waals surface area (Å²) >= 11 is 13.9. The van der Waals surface area contributed by atoms with Gasteiger partial charge in [0.25, 0.3) is 0 Å². The average Bonchev–Trinajstić information content (AvgIpc) is 2.17. The van der Waals surface area contributed by atoms with Crippen LogP contribution in [0.2, 0.25) is 5.02 Å². The van der Waals surface area contributed by atoms with E-state index < -0.39 is 0 Å². The maximum atomic E-state index is 11.4. The molecule has 0 saturated carbocycles. The quantitative estimate of drug-likeness (QED) is 0.443. The number of hydrogen-bond acceptors (Lipinski definition) is 2. The molecule has 1 aromatic rings. The van der Waals surface area contributed by atoms with Gasteiger partial charge < -0.3 is 0 Å². The minimum Gasteiger partial charge on any atom is -0.295 e. The van der Waals surface area contributed by atoms with Gasteiger partial charge >= 0.3 is 0 Å². The van der Waals surface area contributed by atoms with Gasteiger partial charge in [0.05, 0.1) is 5.02 Å². The lowest BCUT2D eigenvalue weighted by Gasteiger charge is -2.16. The fourth-order valence-corrected chi connectivity index (χ4v) is 2.84. The van der Waals surface area contributed by atoms with E-state index in [1.807, 2.05) is 26.8 Å². The number of benzene rings is 1. The maximum Gasteiger partial charge on any atom is 0.160 e. The van der Waals surface area contributed by atoms with Crippen LogP contribution in [-0.4, -0.2) is 16.4 Å². The Hall–Kier alpha value is -0.180. The molecular weight excluding hydrogens is 275 g/mol. The molecule has 0 atom stereocenters. The van der Waals surface area contributed by atoms with Gasteiger partial charge in [0, 0.05) is 21.1 Å². The van der Waals surface area contributed by atoms with Crippen molar-refractivity contribution in [1.29, 1.82) is 0 Å². The molecule has 1 rings (SSSR count). The van der Waals surface area contributed by atoms with Crippen molar-refractivity contribution in [3.05, 3.63) is 28.3 Å². The molecule has 0 amide bonds. The Balaban J connectivity index is 2.96. The number of aryl methyl sites for hydroxylation is 1. The Morgan fingerprint density at radius 2 is 2.00 bits per heavy atom. The molecule has 0 radical (unpaired) electrons. The van der Waals surface area contributed by atoms with E-state index in [0.29, 0.717) is 10.6 Å². The van der Waals surface area contributed by atoms with E-state index in [4.69, 9.17) is 23.2 Å². The van der Waals surface area contributed by atoms with Crippen molar-refractivity contribution in [2.45, 2.75) is 37.5 Å². The van der Waals surface area contributed by atoms with Gasteiger partial charge in [-0.2, -0.15) is 0 Å². The van der Waals surface area contributed by atoms with Gasteiger partial charge in [0.15, 0.2) is 5.78 Å². The number of rotatable bonds is 4. The molecule has 0 bridgehead atoms. The third kappa shape index (κ3) is 4.53. The van der Waals surface area contributed by atoms with E-state index in [9.17, 15) is 4.79 Å². The first-order chi connectivity index (χ1) is 7.70. The van der Waals surface area contributed by atoms with E-state index in [2.05, 4.69) is 0 Å². The average molecular weight is 291 g/mol. The summed E-state index contributed by atoms with van der Waals surface area (Å²) in [5, 5.41) is 0.617. The first-order valence-electron chi connectivity index (χ1n) is 5.33. The highest BCUT2D eigenvalue weighted by atomic mass is 35.5. The van der Waals surface area contributed by atoms with Gasteiger partial charge in [-0.05, 0) is 45.4 Å². The van der Waals surface area contributed by atoms with Crippen LogP contribution in [0.4, 0.5) is 0 Å². The second-order valence-electron chi connectivity index (χ2n) is 4.66. The summed E-state index contributed by atoms with van der Waals surface area (Å²) in [5.41, 5.74) is 1.64. The number of carbonyl (C=O) groups excluding carboxylic acids is 1. The van der Waals surface area contributed by atoms with Crippen LogP contribution in [0, 0.1) is 6.92 Å². The summed E-state index contributed by atoms with van der Waals surface area (Å²) in [4.78, 5) is 12.1. The summed E-state index contributed by atoms with van der Waals surface area (Å²) < 4.78 is 0. The first-order valence-corrected chi connectivity index (χ1v) is 7.07. The Morgan fingerprint density at radius 1 is 1.41 bits per heavy atom. The first kappa shape index (κ1) is 14.9. The highest BCUT2D eigenvalue weighted by molar-refractivity contribution is 7.99. The Labute approximate surface area is 117 Å². The second-order valence-corrected chi connectivity index (χ2v) is 7.11. The number of carbonyl (C=O) groups is 1. The SMILES string of the molecule is CC(=O)c1cc(Cl)c(SCC(C)(C)Cl)cc1C. The molecule has 17 heavy (non-hydrogen) atoms. The van der Waals surface area contributed by atoms with Gasteiger partial charge in [-0.15, -0.1) is 23.4 Å². The fourth-order valence-electron chi connectivity index (χ4n) is 1.39. The third-order valence-corrected chi connectivity index (χ3v) is 4.46. The van der Waals surface area contributed by atoms with Crippen LogP contribution < -0.4 is 0 Å². The zero-order valence-corrected chi connectivity index (χ0v) is 12.8. The van der Waals surface area contributed by atoms with Crippen molar-refractivity contribution in [3.8, 4) is 0 Å². The minimum absolute atomic E-state index is 0.0404. The molecule has 0 saturated heterocycles.